The van der Waals surface area contributed by atoms with Crippen LogP contribution in [-0.4, -0.2) is 0 Å². The molecule has 0 bridgehead atoms. The maximum Gasteiger partial charge on any atom is 0.113 e. The van der Waals surface area contributed by atoms with Gasteiger partial charge in [-0.25, -0.2) is 0 Å². The second-order valence-electron chi connectivity index (χ2n) is 2.72. The van der Waals surface area contributed by atoms with Crippen LogP contribution in [0, 0.1) is 0 Å². The molecule has 0 radical (unpaired) electrons. The van der Waals surface area contributed by atoms with Gasteiger partial charge in [0.2, 0.25) is 0 Å². The minimum absolute atomic E-state index is 0.528. The zero-order valence-electron chi connectivity index (χ0n) is 8.11. The van der Waals surface area contributed by atoms with Crippen LogP contribution in [0.4, 0.5) is 0 Å². The largest absolute Gasteiger partial charge is 0.497 e. The van der Waals surface area contributed by atoms with Gasteiger partial charge < -0.3 is 9.47 Å². The summed E-state index contributed by atoms with van der Waals surface area (Å²) in [4.78, 5) is 0. The van der Waals surface area contributed by atoms with Crippen LogP contribution in [0.3, 0.4) is 0 Å². The first-order chi connectivity index (χ1) is 6.88. The van der Waals surface area contributed by atoms with Crippen LogP contribution in [0.5, 0.6) is 0 Å². The van der Waals surface area contributed by atoms with Crippen molar-refractivity contribution in [3.63, 3.8) is 0 Å². The van der Waals surface area contributed by atoms with Crippen molar-refractivity contribution >= 4 is 0 Å². The highest BCUT2D eigenvalue weighted by Crippen LogP contribution is 2.11. The van der Waals surface area contributed by atoms with Gasteiger partial charge in [0.25, 0.3) is 0 Å². The molecule has 0 aromatic heterocycles. The molecule has 0 amide bonds. The molecule has 0 unspecified atom stereocenters. The maximum atomic E-state index is 5.12. The van der Waals surface area contributed by atoms with Gasteiger partial charge in [-0.3, -0.25) is 0 Å². The van der Waals surface area contributed by atoms with E-state index in [9.17, 15) is 0 Å². The van der Waals surface area contributed by atoms with Gasteiger partial charge in [-0.15, -0.1) is 0 Å². The molecule has 0 atom stereocenters. The fraction of sp³-hybridized carbons (Fsp3) is 0.167. The molecular weight excluding hydrogens is 176 g/mol. The Morgan fingerprint density at radius 1 is 0.929 bits per heavy atom. The lowest BCUT2D eigenvalue weighted by Gasteiger charge is -2.08. The monoisotopic (exact) mass is 190 g/mol. The summed E-state index contributed by atoms with van der Waals surface area (Å²) in [5.74, 6) is 0. The SMILES string of the molecule is C=COCc1ccccc1COC=C. The van der Waals surface area contributed by atoms with E-state index in [-0.39, 0.29) is 0 Å². The van der Waals surface area contributed by atoms with Gasteiger partial charge in [0.1, 0.15) is 13.2 Å². The molecule has 14 heavy (non-hydrogen) atoms. The topological polar surface area (TPSA) is 18.5 Å². The fourth-order valence-corrected chi connectivity index (χ4v) is 1.14. The third kappa shape index (κ3) is 2.98. The molecule has 0 aliphatic carbocycles. The summed E-state index contributed by atoms with van der Waals surface area (Å²) in [6, 6.07) is 7.95. The Balaban J connectivity index is 2.68. The smallest absolute Gasteiger partial charge is 0.113 e. The molecule has 0 heterocycles. The van der Waals surface area contributed by atoms with Crippen LogP contribution in [0.1, 0.15) is 11.1 Å². The first kappa shape index (κ1) is 10.4. The maximum absolute atomic E-state index is 5.12. The number of ether oxygens (including phenoxy) is 2. The highest BCUT2D eigenvalue weighted by Gasteiger charge is 2.00. The van der Waals surface area contributed by atoms with E-state index in [1.807, 2.05) is 24.3 Å². The van der Waals surface area contributed by atoms with E-state index in [2.05, 4.69) is 13.2 Å². The van der Waals surface area contributed by atoms with Crippen molar-refractivity contribution in [2.75, 3.05) is 0 Å². The third-order valence-electron chi connectivity index (χ3n) is 1.83. The molecule has 0 saturated carbocycles. The van der Waals surface area contributed by atoms with Crippen LogP contribution >= 0.6 is 0 Å². The Hall–Kier alpha value is -1.70. The summed E-state index contributed by atoms with van der Waals surface area (Å²) in [6.07, 6.45) is 2.87. The van der Waals surface area contributed by atoms with Crippen LogP contribution in [0.2, 0.25) is 0 Å². The Kier molecular flexibility index (Phi) is 4.35. The lowest BCUT2D eigenvalue weighted by atomic mass is 10.1. The molecule has 1 rings (SSSR count). The van der Waals surface area contributed by atoms with Crippen molar-refractivity contribution in [2.24, 2.45) is 0 Å². The van der Waals surface area contributed by atoms with E-state index in [0.29, 0.717) is 13.2 Å². The number of hydrogen-bond donors (Lipinski definition) is 0. The van der Waals surface area contributed by atoms with Crippen molar-refractivity contribution in [2.45, 2.75) is 13.2 Å². The summed E-state index contributed by atoms with van der Waals surface area (Å²) >= 11 is 0. The quantitative estimate of drug-likeness (QED) is 0.642. The van der Waals surface area contributed by atoms with Gasteiger partial charge in [0.05, 0.1) is 12.5 Å². The normalized spacial score (nSPS) is 9.14. The highest BCUT2D eigenvalue weighted by molar-refractivity contribution is 5.25. The Labute approximate surface area is 84.5 Å². The summed E-state index contributed by atoms with van der Waals surface area (Å²) in [5, 5.41) is 0. The predicted octanol–water partition coefficient (Wildman–Crippen LogP) is 3.01. The van der Waals surface area contributed by atoms with E-state index in [0.717, 1.165) is 11.1 Å². The standard InChI is InChI=1S/C12H14O2/c1-3-13-9-11-7-5-6-8-12(11)10-14-4-2/h3-8H,1-2,9-10H2. The second-order valence-corrected chi connectivity index (χ2v) is 2.72. The van der Waals surface area contributed by atoms with Crippen LogP contribution in [0.25, 0.3) is 0 Å². The minimum Gasteiger partial charge on any atom is -0.497 e. The molecule has 2 nitrogen and oxygen atoms in total. The van der Waals surface area contributed by atoms with Crippen molar-refractivity contribution < 1.29 is 9.47 Å². The summed E-state index contributed by atoms with van der Waals surface area (Å²) in [5.41, 5.74) is 2.21. The van der Waals surface area contributed by atoms with Gasteiger partial charge >= 0.3 is 0 Å². The number of hydrogen-bond acceptors (Lipinski definition) is 2. The van der Waals surface area contributed by atoms with Gasteiger partial charge in [-0.1, -0.05) is 37.4 Å². The molecule has 0 fully saturated rings. The molecule has 0 N–H and O–H groups in total. The Morgan fingerprint density at radius 2 is 1.36 bits per heavy atom. The molecule has 0 aliphatic rings. The van der Waals surface area contributed by atoms with E-state index in [1.54, 1.807) is 0 Å². The zero-order chi connectivity index (χ0) is 10.2. The predicted molar refractivity (Wildman–Crippen MR) is 56.4 cm³/mol. The molecule has 0 spiro atoms. The summed E-state index contributed by atoms with van der Waals surface area (Å²) < 4.78 is 10.2. The van der Waals surface area contributed by atoms with Gasteiger partial charge in [0, 0.05) is 0 Å². The zero-order valence-corrected chi connectivity index (χ0v) is 8.11. The molecule has 0 saturated heterocycles. The lowest BCUT2D eigenvalue weighted by molar-refractivity contribution is 0.219. The average Bonchev–Trinajstić information content (AvgIpc) is 2.24. The second kappa shape index (κ2) is 5.86. The van der Waals surface area contributed by atoms with Crippen molar-refractivity contribution in [1.82, 2.24) is 0 Å². The number of rotatable bonds is 6. The van der Waals surface area contributed by atoms with E-state index >= 15 is 0 Å². The van der Waals surface area contributed by atoms with Crippen molar-refractivity contribution in [3.8, 4) is 0 Å². The van der Waals surface area contributed by atoms with Crippen LogP contribution in [0.15, 0.2) is 49.9 Å². The van der Waals surface area contributed by atoms with Gasteiger partial charge in [-0.2, -0.15) is 0 Å². The van der Waals surface area contributed by atoms with E-state index < -0.39 is 0 Å². The van der Waals surface area contributed by atoms with Crippen LogP contribution < -0.4 is 0 Å². The van der Waals surface area contributed by atoms with Crippen molar-refractivity contribution in [3.05, 3.63) is 61.1 Å². The third-order valence-corrected chi connectivity index (χ3v) is 1.83. The van der Waals surface area contributed by atoms with E-state index in [4.69, 9.17) is 9.47 Å². The van der Waals surface area contributed by atoms with Gasteiger partial charge in [-0.05, 0) is 11.1 Å². The molecule has 0 aliphatic heterocycles. The average molecular weight is 190 g/mol. The fourth-order valence-electron chi connectivity index (χ4n) is 1.14. The first-order valence-electron chi connectivity index (χ1n) is 4.40. The highest BCUT2D eigenvalue weighted by atomic mass is 16.5. The summed E-state index contributed by atoms with van der Waals surface area (Å²) in [6.45, 7) is 8.05. The minimum atomic E-state index is 0.528. The molecular formula is C12H14O2. The first-order valence-corrected chi connectivity index (χ1v) is 4.40. The van der Waals surface area contributed by atoms with E-state index in [1.165, 1.54) is 12.5 Å². The molecule has 2 heteroatoms. The molecule has 1 aromatic rings. The van der Waals surface area contributed by atoms with Crippen molar-refractivity contribution in [1.29, 1.82) is 0 Å². The number of benzene rings is 1. The Morgan fingerprint density at radius 3 is 1.71 bits per heavy atom. The molecule has 74 valence electrons. The Bertz CT molecular complexity index is 274. The summed E-state index contributed by atoms with van der Waals surface area (Å²) in [7, 11) is 0. The molecule has 1 aromatic carbocycles. The lowest BCUT2D eigenvalue weighted by Crippen LogP contribution is -1.95. The van der Waals surface area contributed by atoms with Crippen LogP contribution in [-0.2, 0) is 22.7 Å². The van der Waals surface area contributed by atoms with Gasteiger partial charge in [0.15, 0.2) is 0 Å².